The summed E-state index contributed by atoms with van der Waals surface area (Å²) in [6.45, 7) is 3.56. The van der Waals surface area contributed by atoms with Crippen LogP contribution in [-0.4, -0.2) is 44.6 Å². The molecule has 0 aliphatic rings. The number of methoxy groups -OCH3 is 1. The third-order valence-corrected chi connectivity index (χ3v) is 4.37. The van der Waals surface area contributed by atoms with Crippen LogP contribution in [-0.2, 0) is 21.4 Å². The summed E-state index contributed by atoms with van der Waals surface area (Å²) >= 11 is 0. The third-order valence-electron chi connectivity index (χ3n) is 2.97. The van der Waals surface area contributed by atoms with Crippen LogP contribution in [0.2, 0.25) is 0 Å². The molecule has 0 aromatic heterocycles. The molecule has 7 heteroatoms. The summed E-state index contributed by atoms with van der Waals surface area (Å²) in [5.41, 5.74) is 0.837. The minimum atomic E-state index is -3.41. The fourth-order valence-corrected chi connectivity index (χ4v) is 3.04. The topological polar surface area (TPSA) is 75.7 Å². The second kappa shape index (κ2) is 7.42. The lowest BCUT2D eigenvalue weighted by atomic mass is 10.2. The number of carbonyl (C=O) groups excluding carboxylic acids is 1. The zero-order valence-corrected chi connectivity index (χ0v) is 13.6. The Kier molecular flexibility index (Phi) is 6.17. The quantitative estimate of drug-likeness (QED) is 0.814. The first-order valence-electron chi connectivity index (χ1n) is 6.61. The molecule has 1 rings (SSSR count). The lowest BCUT2D eigenvalue weighted by molar-refractivity contribution is -0.121. The number of amides is 1. The van der Waals surface area contributed by atoms with Crippen LogP contribution in [0.25, 0.3) is 0 Å². The van der Waals surface area contributed by atoms with Gasteiger partial charge >= 0.3 is 0 Å². The summed E-state index contributed by atoms with van der Waals surface area (Å²) in [5.74, 6) is 0.335. The minimum absolute atomic E-state index is 0.189. The molecule has 0 aliphatic carbocycles. The highest BCUT2D eigenvalue weighted by Gasteiger charge is 2.22. The Hall–Kier alpha value is -1.60. The second-order valence-corrected chi connectivity index (χ2v) is 6.93. The van der Waals surface area contributed by atoms with Crippen molar-refractivity contribution < 1.29 is 17.9 Å². The van der Waals surface area contributed by atoms with Gasteiger partial charge in [0.2, 0.25) is 15.9 Å². The van der Waals surface area contributed by atoms with Gasteiger partial charge in [0, 0.05) is 18.2 Å². The van der Waals surface area contributed by atoms with Crippen molar-refractivity contribution in [1.29, 1.82) is 0 Å². The van der Waals surface area contributed by atoms with Gasteiger partial charge in [0.15, 0.2) is 0 Å². The first-order chi connectivity index (χ1) is 9.75. The minimum Gasteiger partial charge on any atom is -0.496 e. The van der Waals surface area contributed by atoms with E-state index in [1.54, 1.807) is 27.0 Å². The number of carbonyl (C=O) groups is 1. The normalized spacial score (nSPS) is 11.7. The fraction of sp³-hybridized carbons (Fsp3) is 0.500. The molecule has 0 radical (unpaired) electrons. The van der Waals surface area contributed by atoms with Crippen LogP contribution in [0.5, 0.6) is 5.75 Å². The zero-order chi connectivity index (χ0) is 16.0. The molecule has 0 heterocycles. The Labute approximate surface area is 126 Å². The van der Waals surface area contributed by atoms with Gasteiger partial charge in [0.1, 0.15) is 5.75 Å². The van der Waals surface area contributed by atoms with Gasteiger partial charge in [0.25, 0.3) is 0 Å². The predicted molar refractivity (Wildman–Crippen MR) is 81.5 cm³/mol. The van der Waals surface area contributed by atoms with Crippen molar-refractivity contribution in [2.45, 2.75) is 26.4 Å². The van der Waals surface area contributed by atoms with Gasteiger partial charge < -0.3 is 10.1 Å². The highest BCUT2D eigenvalue weighted by atomic mass is 32.2. The average molecular weight is 314 g/mol. The maximum atomic E-state index is 11.9. The van der Waals surface area contributed by atoms with E-state index in [4.69, 9.17) is 4.74 Å². The van der Waals surface area contributed by atoms with E-state index in [0.717, 1.165) is 16.1 Å². The molecular weight excluding hydrogens is 292 g/mol. The number of ether oxygens (including phenoxy) is 1. The highest BCUT2D eigenvalue weighted by Crippen LogP contribution is 2.16. The standard InChI is InChI=1S/C14H22N2O4S/c1-11(2)16(21(4,18)19)10-14(17)15-9-12-7-5-6-8-13(12)20-3/h5-8,11H,9-10H2,1-4H3,(H,15,17). The van der Waals surface area contributed by atoms with E-state index in [2.05, 4.69) is 5.32 Å². The predicted octanol–water partition coefficient (Wildman–Crippen LogP) is 0.981. The first-order valence-corrected chi connectivity index (χ1v) is 8.46. The number of para-hydroxylation sites is 1. The van der Waals surface area contributed by atoms with E-state index in [1.807, 2.05) is 18.2 Å². The van der Waals surface area contributed by atoms with Crippen LogP contribution in [0.4, 0.5) is 0 Å². The van der Waals surface area contributed by atoms with Crippen molar-refractivity contribution in [2.75, 3.05) is 19.9 Å². The van der Waals surface area contributed by atoms with Crippen LogP contribution in [0, 0.1) is 0 Å². The van der Waals surface area contributed by atoms with Crippen LogP contribution in [0.15, 0.2) is 24.3 Å². The van der Waals surface area contributed by atoms with Crippen molar-refractivity contribution in [3.05, 3.63) is 29.8 Å². The Morgan fingerprint density at radius 1 is 1.33 bits per heavy atom. The zero-order valence-electron chi connectivity index (χ0n) is 12.8. The summed E-state index contributed by atoms with van der Waals surface area (Å²) in [4.78, 5) is 11.9. The summed E-state index contributed by atoms with van der Waals surface area (Å²) in [5, 5.41) is 2.71. The van der Waals surface area contributed by atoms with Gasteiger partial charge in [-0.05, 0) is 19.9 Å². The van der Waals surface area contributed by atoms with E-state index in [1.165, 1.54) is 0 Å². The summed E-state index contributed by atoms with van der Waals surface area (Å²) in [6, 6.07) is 7.07. The molecule has 0 unspecified atom stereocenters. The van der Waals surface area contributed by atoms with Gasteiger partial charge in [-0.2, -0.15) is 4.31 Å². The Morgan fingerprint density at radius 2 is 1.95 bits per heavy atom. The molecule has 1 amide bonds. The van der Waals surface area contributed by atoms with E-state index < -0.39 is 10.0 Å². The maximum absolute atomic E-state index is 11.9. The fourth-order valence-electron chi connectivity index (χ4n) is 1.92. The van der Waals surface area contributed by atoms with E-state index >= 15 is 0 Å². The molecule has 0 fully saturated rings. The van der Waals surface area contributed by atoms with Gasteiger partial charge in [-0.3, -0.25) is 4.79 Å². The molecule has 21 heavy (non-hydrogen) atoms. The van der Waals surface area contributed by atoms with Crippen LogP contribution in [0.1, 0.15) is 19.4 Å². The number of rotatable bonds is 7. The summed E-state index contributed by atoms with van der Waals surface area (Å²) in [6.07, 6.45) is 1.10. The summed E-state index contributed by atoms with van der Waals surface area (Å²) in [7, 11) is -1.85. The van der Waals surface area contributed by atoms with Gasteiger partial charge in [-0.15, -0.1) is 0 Å². The Morgan fingerprint density at radius 3 is 2.48 bits per heavy atom. The molecule has 0 aliphatic heterocycles. The number of benzene rings is 1. The Bertz CT molecular complexity index is 584. The van der Waals surface area contributed by atoms with E-state index in [9.17, 15) is 13.2 Å². The van der Waals surface area contributed by atoms with Crippen molar-refractivity contribution >= 4 is 15.9 Å². The largest absolute Gasteiger partial charge is 0.496 e. The van der Waals surface area contributed by atoms with Gasteiger partial charge in [-0.1, -0.05) is 18.2 Å². The van der Waals surface area contributed by atoms with Crippen molar-refractivity contribution in [2.24, 2.45) is 0 Å². The molecule has 0 spiro atoms. The Balaban J connectivity index is 2.66. The lowest BCUT2D eigenvalue weighted by Gasteiger charge is -2.23. The second-order valence-electron chi connectivity index (χ2n) is 4.99. The molecule has 1 N–H and O–H groups in total. The van der Waals surface area contributed by atoms with Gasteiger partial charge in [-0.25, -0.2) is 8.42 Å². The number of hydrogen-bond donors (Lipinski definition) is 1. The van der Waals surface area contributed by atoms with E-state index in [-0.39, 0.29) is 18.5 Å². The molecule has 0 saturated carbocycles. The van der Waals surface area contributed by atoms with Crippen LogP contribution in [0.3, 0.4) is 0 Å². The smallest absolute Gasteiger partial charge is 0.235 e. The van der Waals surface area contributed by atoms with Crippen LogP contribution < -0.4 is 10.1 Å². The molecule has 0 saturated heterocycles. The molecular formula is C14H22N2O4S. The molecule has 118 valence electrons. The third kappa shape index (κ3) is 5.35. The maximum Gasteiger partial charge on any atom is 0.235 e. The molecule has 6 nitrogen and oxygen atoms in total. The average Bonchev–Trinajstić information content (AvgIpc) is 2.41. The molecule has 1 aromatic rings. The lowest BCUT2D eigenvalue weighted by Crippen LogP contribution is -2.43. The van der Waals surface area contributed by atoms with Crippen LogP contribution >= 0.6 is 0 Å². The van der Waals surface area contributed by atoms with E-state index in [0.29, 0.717) is 12.3 Å². The van der Waals surface area contributed by atoms with Crippen molar-refractivity contribution in [3.8, 4) is 5.75 Å². The molecule has 0 bridgehead atoms. The molecule has 1 aromatic carbocycles. The van der Waals surface area contributed by atoms with Crippen molar-refractivity contribution in [1.82, 2.24) is 9.62 Å². The summed E-state index contributed by atoms with van der Waals surface area (Å²) < 4.78 is 29.6. The highest BCUT2D eigenvalue weighted by molar-refractivity contribution is 7.88. The number of hydrogen-bond acceptors (Lipinski definition) is 4. The van der Waals surface area contributed by atoms with Crippen molar-refractivity contribution in [3.63, 3.8) is 0 Å². The monoisotopic (exact) mass is 314 g/mol. The SMILES string of the molecule is COc1ccccc1CNC(=O)CN(C(C)C)S(C)(=O)=O. The number of nitrogens with zero attached hydrogens (tertiary/aromatic N) is 1. The molecule has 0 atom stereocenters. The number of nitrogens with one attached hydrogen (secondary N) is 1. The van der Waals surface area contributed by atoms with Gasteiger partial charge in [0.05, 0.1) is 19.9 Å². The first kappa shape index (κ1) is 17.5. The number of sulfonamides is 1.